The van der Waals surface area contributed by atoms with Gasteiger partial charge in [-0.05, 0) is 37.2 Å². The van der Waals surface area contributed by atoms with E-state index >= 15 is 0 Å². The van der Waals surface area contributed by atoms with Gasteiger partial charge in [-0.2, -0.15) is 0 Å². The van der Waals surface area contributed by atoms with Crippen molar-refractivity contribution in [3.63, 3.8) is 0 Å². The maximum atomic E-state index is 12.4. The Morgan fingerprint density at radius 2 is 1.92 bits per heavy atom. The Morgan fingerprint density at radius 1 is 1.17 bits per heavy atom. The molecule has 24 heavy (non-hydrogen) atoms. The zero-order valence-electron chi connectivity index (χ0n) is 14.3. The lowest BCUT2D eigenvalue weighted by atomic mass is 10.1. The molecule has 0 unspecified atom stereocenters. The molecular weight excluding hydrogens is 300 g/mol. The number of likely N-dealkylation sites (N-methyl/N-ethyl adjacent to an activating group) is 1. The van der Waals surface area contributed by atoms with Crippen molar-refractivity contribution < 1.29 is 4.79 Å². The van der Waals surface area contributed by atoms with Gasteiger partial charge in [-0.3, -0.25) is 9.78 Å². The van der Waals surface area contributed by atoms with E-state index in [1.54, 1.807) is 6.20 Å². The number of nitrogens with zero attached hydrogens (tertiary/aromatic N) is 3. The fraction of sp³-hybridized carbons (Fsp3) is 0.368. The second-order valence-corrected chi connectivity index (χ2v) is 6.30. The fourth-order valence-electron chi connectivity index (χ4n) is 2.88. The van der Waals surface area contributed by atoms with Gasteiger partial charge in [0.25, 0.3) is 5.91 Å². The highest BCUT2D eigenvalue weighted by atomic mass is 16.1. The van der Waals surface area contributed by atoms with Crippen molar-refractivity contribution in [1.82, 2.24) is 15.2 Å². The van der Waals surface area contributed by atoms with E-state index in [1.165, 1.54) is 5.56 Å². The van der Waals surface area contributed by atoms with Crippen LogP contribution in [-0.4, -0.2) is 49.0 Å². The first-order chi connectivity index (χ1) is 11.6. The molecule has 0 radical (unpaired) electrons. The maximum absolute atomic E-state index is 12.4. The van der Waals surface area contributed by atoms with Crippen LogP contribution >= 0.6 is 0 Å². The number of aromatic nitrogens is 1. The number of carbonyl (C=O) groups excluding carboxylic acids is 1. The monoisotopic (exact) mass is 324 g/mol. The molecule has 1 saturated heterocycles. The molecule has 0 spiro atoms. The van der Waals surface area contributed by atoms with Gasteiger partial charge < -0.3 is 15.1 Å². The SMILES string of the molecule is Cc1ccccc1CNC(=O)c1cc(N2CCN(C)CC2)ccn1. The second-order valence-electron chi connectivity index (χ2n) is 6.30. The third-order valence-electron chi connectivity index (χ3n) is 4.55. The summed E-state index contributed by atoms with van der Waals surface area (Å²) >= 11 is 0. The summed E-state index contributed by atoms with van der Waals surface area (Å²) in [6.45, 7) is 6.60. The summed E-state index contributed by atoms with van der Waals surface area (Å²) in [4.78, 5) is 21.3. The highest BCUT2D eigenvalue weighted by Crippen LogP contribution is 2.16. The fourth-order valence-corrected chi connectivity index (χ4v) is 2.88. The Bertz CT molecular complexity index is 708. The second kappa shape index (κ2) is 7.45. The summed E-state index contributed by atoms with van der Waals surface area (Å²) in [6, 6.07) is 11.9. The molecule has 1 aromatic heterocycles. The average molecular weight is 324 g/mol. The molecule has 1 N–H and O–H groups in total. The molecular formula is C19H24N4O. The third kappa shape index (κ3) is 3.92. The Hall–Kier alpha value is -2.40. The summed E-state index contributed by atoms with van der Waals surface area (Å²) in [5, 5.41) is 2.97. The van der Waals surface area contributed by atoms with Crippen LogP contribution in [0.1, 0.15) is 21.6 Å². The van der Waals surface area contributed by atoms with Gasteiger partial charge >= 0.3 is 0 Å². The topological polar surface area (TPSA) is 48.5 Å². The molecule has 1 amide bonds. The van der Waals surface area contributed by atoms with Crippen LogP contribution in [0.5, 0.6) is 0 Å². The maximum Gasteiger partial charge on any atom is 0.270 e. The smallest absolute Gasteiger partial charge is 0.270 e. The van der Waals surface area contributed by atoms with E-state index < -0.39 is 0 Å². The molecule has 1 aliphatic heterocycles. The van der Waals surface area contributed by atoms with Crippen molar-refractivity contribution in [2.24, 2.45) is 0 Å². The number of amides is 1. The third-order valence-corrected chi connectivity index (χ3v) is 4.55. The van der Waals surface area contributed by atoms with Gasteiger partial charge in [0.15, 0.2) is 0 Å². The molecule has 126 valence electrons. The molecule has 2 aromatic rings. The van der Waals surface area contributed by atoms with Crippen LogP contribution in [0, 0.1) is 6.92 Å². The quantitative estimate of drug-likeness (QED) is 0.935. The lowest BCUT2D eigenvalue weighted by Gasteiger charge is -2.34. The Morgan fingerprint density at radius 3 is 2.67 bits per heavy atom. The molecule has 0 aliphatic carbocycles. The van der Waals surface area contributed by atoms with E-state index in [0.717, 1.165) is 37.4 Å². The molecule has 0 atom stereocenters. The van der Waals surface area contributed by atoms with Crippen molar-refractivity contribution in [1.29, 1.82) is 0 Å². The van der Waals surface area contributed by atoms with Crippen LogP contribution in [0.2, 0.25) is 0 Å². The van der Waals surface area contributed by atoms with Crippen LogP contribution < -0.4 is 10.2 Å². The molecule has 0 saturated carbocycles. The predicted molar refractivity (Wildman–Crippen MR) is 96.3 cm³/mol. The number of rotatable bonds is 4. The van der Waals surface area contributed by atoms with Gasteiger partial charge in [-0.15, -0.1) is 0 Å². The van der Waals surface area contributed by atoms with Crippen molar-refractivity contribution in [3.8, 4) is 0 Å². The summed E-state index contributed by atoms with van der Waals surface area (Å²) in [5.41, 5.74) is 3.84. The van der Waals surface area contributed by atoms with Gasteiger partial charge in [-0.1, -0.05) is 24.3 Å². The van der Waals surface area contributed by atoms with E-state index in [2.05, 4.69) is 27.1 Å². The summed E-state index contributed by atoms with van der Waals surface area (Å²) in [5.74, 6) is -0.130. The number of hydrogen-bond donors (Lipinski definition) is 1. The van der Waals surface area contributed by atoms with E-state index in [4.69, 9.17) is 0 Å². The first-order valence-electron chi connectivity index (χ1n) is 8.36. The van der Waals surface area contributed by atoms with Crippen LogP contribution in [-0.2, 0) is 6.54 Å². The standard InChI is InChI=1S/C19H24N4O/c1-15-5-3-4-6-16(15)14-21-19(24)18-13-17(7-8-20-18)23-11-9-22(2)10-12-23/h3-8,13H,9-12,14H2,1-2H3,(H,21,24). The van der Waals surface area contributed by atoms with Gasteiger partial charge in [0.1, 0.15) is 5.69 Å². The zero-order valence-corrected chi connectivity index (χ0v) is 14.3. The van der Waals surface area contributed by atoms with E-state index in [9.17, 15) is 4.79 Å². The highest BCUT2D eigenvalue weighted by molar-refractivity contribution is 5.93. The summed E-state index contributed by atoms with van der Waals surface area (Å²) in [6.07, 6.45) is 1.72. The Kier molecular flexibility index (Phi) is 5.11. The molecule has 5 heteroatoms. The Balaban J connectivity index is 1.65. The Labute approximate surface area is 143 Å². The van der Waals surface area contributed by atoms with E-state index in [-0.39, 0.29) is 5.91 Å². The lowest BCUT2D eigenvalue weighted by Crippen LogP contribution is -2.44. The number of benzene rings is 1. The van der Waals surface area contributed by atoms with E-state index in [0.29, 0.717) is 12.2 Å². The molecule has 5 nitrogen and oxygen atoms in total. The van der Waals surface area contributed by atoms with Crippen LogP contribution in [0.3, 0.4) is 0 Å². The van der Waals surface area contributed by atoms with Crippen LogP contribution in [0.25, 0.3) is 0 Å². The zero-order chi connectivity index (χ0) is 16.9. The molecule has 1 fully saturated rings. The molecule has 1 aliphatic rings. The number of aryl methyl sites for hydroxylation is 1. The minimum Gasteiger partial charge on any atom is -0.369 e. The highest BCUT2D eigenvalue weighted by Gasteiger charge is 2.16. The van der Waals surface area contributed by atoms with Crippen molar-refractivity contribution in [2.45, 2.75) is 13.5 Å². The van der Waals surface area contributed by atoms with Gasteiger partial charge in [-0.25, -0.2) is 0 Å². The summed E-state index contributed by atoms with van der Waals surface area (Å²) < 4.78 is 0. The lowest BCUT2D eigenvalue weighted by molar-refractivity contribution is 0.0946. The number of carbonyl (C=O) groups is 1. The van der Waals surface area contributed by atoms with Crippen molar-refractivity contribution in [3.05, 3.63) is 59.4 Å². The normalized spacial score (nSPS) is 15.3. The van der Waals surface area contributed by atoms with Gasteiger partial charge in [0.05, 0.1) is 0 Å². The van der Waals surface area contributed by atoms with Gasteiger partial charge in [0.2, 0.25) is 0 Å². The van der Waals surface area contributed by atoms with Crippen molar-refractivity contribution >= 4 is 11.6 Å². The van der Waals surface area contributed by atoms with Gasteiger partial charge in [0, 0.05) is 44.6 Å². The first kappa shape index (κ1) is 16.5. The van der Waals surface area contributed by atoms with Crippen LogP contribution in [0.4, 0.5) is 5.69 Å². The average Bonchev–Trinajstić information content (AvgIpc) is 2.61. The van der Waals surface area contributed by atoms with Crippen molar-refractivity contribution in [2.75, 3.05) is 38.1 Å². The largest absolute Gasteiger partial charge is 0.369 e. The molecule has 2 heterocycles. The minimum absolute atomic E-state index is 0.130. The summed E-state index contributed by atoms with van der Waals surface area (Å²) in [7, 11) is 2.13. The molecule has 3 rings (SSSR count). The first-order valence-corrected chi connectivity index (χ1v) is 8.36. The number of hydrogen-bond acceptors (Lipinski definition) is 4. The predicted octanol–water partition coefficient (Wildman–Crippen LogP) is 2.07. The number of pyridine rings is 1. The van der Waals surface area contributed by atoms with Crippen LogP contribution in [0.15, 0.2) is 42.6 Å². The van der Waals surface area contributed by atoms with E-state index in [1.807, 2.05) is 43.3 Å². The molecule has 0 bridgehead atoms. The number of nitrogens with one attached hydrogen (secondary N) is 1. The molecule has 1 aromatic carbocycles. The number of piperazine rings is 1. The number of anilines is 1. The minimum atomic E-state index is -0.130.